The summed E-state index contributed by atoms with van der Waals surface area (Å²) in [6.07, 6.45) is 1.77. The zero-order valence-corrected chi connectivity index (χ0v) is 33.7. The molecule has 4 rings (SSSR count). The Balaban J connectivity index is 1.49. The predicted octanol–water partition coefficient (Wildman–Crippen LogP) is 4.34. The minimum absolute atomic E-state index is 0.0539. The molecule has 0 fully saturated rings. The Kier molecular flexibility index (Phi) is 15.4. The maximum absolute atomic E-state index is 14.0. The normalized spacial score (nSPS) is 13.4. The van der Waals surface area contributed by atoms with Crippen LogP contribution >= 0.6 is 11.6 Å². The van der Waals surface area contributed by atoms with Crippen molar-refractivity contribution in [3.8, 4) is 0 Å². The van der Waals surface area contributed by atoms with Gasteiger partial charge in [0, 0.05) is 48.0 Å². The van der Waals surface area contributed by atoms with Gasteiger partial charge in [-0.3, -0.25) is 23.5 Å². The average molecular weight is 804 g/mol. The molecule has 0 aliphatic carbocycles. The highest BCUT2D eigenvalue weighted by atomic mass is 35.5. The van der Waals surface area contributed by atoms with Gasteiger partial charge in [-0.25, -0.2) is 8.42 Å². The zero-order chi connectivity index (χ0) is 41.0. The van der Waals surface area contributed by atoms with Gasteiger partial charge in [0.15, 0.2) is 0 Å². The van der Waals surface area contributed by atoms with E-state index < -0.39 is 51.9 Å². The number of carbonyl (C=O) groups excluding carboxylic acids is 4. The third-order valence-electron chi connectivity index (χ3n) is 9.21. The van der Waals surface area contributed by atoms with Gasteiger partial charge in [0.05, 0.1) is 24.0 Å². The quantitative estimate of drug-likeness (QED) is 0.0801. The summed E-state index contributed by atoms with van der Waals surface area (Å²) in [6.45, 7) is 5.68. The van der Waals surface area contributed by atoms with Gasteiger partial charge in [-0.1, -0.05) is 73.1 Å². The number of nitrogen functional groups attached to an aromatic ring is 1. The van der Waals surface area contributed by atoms with Crippen molar-refractivity contribution in [1.29, 1.82) is 0 Å². The summed E-state index contributed by atoms with van der Waals surface area (Å²) in [5, 5.41) is 15.2. The van der Waals surface area contributed by atoms with Crippen molar-refractivity contribution >= 4 is 56.6 Å². The number of rotatable bonds is 18. The van der Waals surface area contributed by atoms with E-state index >= 15 is 0 Å². The van der Waals surface area contributed by atoms with E-state index in [0.717, 1.165) is 27.3 Å². The second-order valence-electron chi connectivity index (χ2n) is 13.7. The number of nitrogens with zero attached hydrogens (tertiary/aromatic N) is 1. The van der Waals surface area contributed by atoms with Gasteiger partial charge >= 0.3 is 0 Å². The Morgan fingerprint density at radius 1 is 0.786 bits per heavy atom. The van der Waals surface area contributed by atoms with Crippen molar-refractivity contribution in [2.45, 2.75) is 64.3 Å². The van der Waals surface area contributed by atoms with Crippen LogP contribution in [0, 0.1) is 0 Å². The molecule has 13 nitrogen and oxygen atoms in total. The first-order chi connectivity index (χ1) is 26.5. The summed E-state index contributed by atoms with van der Waals surface area (Å²) in [5.74, 6) is -1.81. The fourth-order valence-corrected chi connectivity index (χ4v) is 6.42. The molecule has 4 aromatic rings. The van der Waals surface area contributed by atoms with Gasteiger partial charge in [0.2, 0.25) is 21.8 Å². The molecule has 0 heterocycles. The second kappa shape index (κ2) is 19.9. The summed E-state index contributed by atoms with van der Waals surface area (Å²) < 4.78 is 26.1. The van der Waals surface area contributed by atoms with E-state index in [2.05, 4.69) is 26.6 Å². The fourth-order valence-electron chi connectivity index (χ4n) is 5.74. The van der Waals surface area contributed by atoms with Crippen molar-refractivity contribution in [3.63, 3.8) is 0 Å². The summed E-state index contributed by atoms with van der Waals surface area (Å²) in [4.78, 5) is 53.7. The van der Waals surface area contributed by atoms with Gasteiger partial charge in [0.1, 0.15) is 6.04 Å². The molecule has 4 atom stereocenters. The van der Waals surface area contributed by atoms with Crippen molar-refractivity contribution < 1.29 is 27.6 Å². The number of carbonyl (C=O) groups is 4. The van der Waals surface area contributed by atoms with Crippen LogP contribution in [0.15, 0.2) is 97.1 Å². The van der Waals surface area contributed by atoms with Crippen LogP contribution in [0.5, 0.6) is 0 Å². The molecule has 0 aliphatic heterocycles. The van der Waals surface area contributed by atoms with Crippen LogP contribution in [0.3, 0.4) is 0 Å². The molecular formula is C41H50ClN7O6S. The molecule has 298 valence electrons. The number of sulfonamides is 1. The van der Waals surface area contributed by atoms with Crippen LogP contribution < -0.4 is 36.6 Å². The molecule has 0 saturated heterocycles. The number of halogens is 1. The number of amides is 4. The molecule has 0 radical (unpaired) electrons. The minimum Gasteiger partial charge on any atom is -0.399 e. The highest BCUT2D eigenvalue weighted by Gasteiger charge is 2.25. The Morgan fingerprint density at radius 3 is 2.04 bits per heavy atom. The highest BCUT2D eigenvalue weighted by molar-refractivity contribution is 7.92. The van der Waals surface area contributed by atoms with Crippen molar-refractivity contribution in [2.75, 3.05) is 29.9 Å². The Hall–Kier alpha value is -5.44. The maximum Gasteiger partial charge on any atom is 0.251 e. The molecule has 0 spiro atoms. The van der Waals surface area contributed by atoms with E-state index in [9.17, 15) is 27.6 Å². The molecule has 0 aromatic heterocycles. The Morgan fingerprint density at radius 2 is 1.43 bits per heavy atom. The molecule has 0 aliphatic rings. The molecule has 56 heavy (non-hydrogen) atoms. The van der Waals surface area contributed by atoms with Crippen LogP contribution in [0.2, 0.25) is 5.02 Å². The third kappa shape index (κ3) is 12.8. The lowest BCUT2D eigenvalue weighted by molar-refractivity contribution is -0.130. The molecular weight excluding hydrogens is 754 g/mol. The molecule has 15 heteroatoms. The third-order valence-corrected chi connectivity index (χ3v) is 10.7. The van der Waals surface area contributed by atoms with Crippen LogP contribution in [-0.4, -0.2) is 70.0 Å². The Labute approximate surface area is 333 Å². The summed E-state index contributed by atoms with van der Waals surface area (Å²) in [6, 6.07) is 25.3. The topological polar surface area (TPSA) is 192 Å². The maximum atomic E-state index is 14.0. The number of nitrogens with two attached hydrogens (primary N) is 1. The number of nitrogens with one attached hydrogen (secondary N) is 5. The standard InChI is InChI=1S/C41H50ClN7O6S/c1-6-37(41(53)45-24-29-15-17-34(43)18-16-29)48-38(50)27(3)44-25-35(19-28-11-8-7-9-12-28)47-40(52)32-20-31(22-36(23-32)49(4)56(5,54)55)39(51)46-26(2)30-13-10-14-33(42)21-30/h7-18,20-23,26-27,35,37,44H,6,19,24-25,43H2,1-5H3,(H,45,53)(H,46,51)(H,47,52)(H,48,50)/t26-,27+,35+,37+/m1/s1. The molecule has 0 saturated carbocycles. The number of hydrogen-bond acceptors (Lipinski definition) is 8. The van der Waals surface area contributed by atoms with Crippen LogP contribution in [0.1, 0.15) is 70.6 Å². The monoisotopic (exact) mass is 803 g/mol. The van der Waals surface area contributed by atoms with Crippen LogP contribution in [-0.2, 0) is 32.6 Å². The van der Waals surface area contributed by atoms with Gasteiger partial charge in [-0.15, -0.1) is 0 Å². The summed E-state index contributed by atoms with van der Waals surface area (Å²) in [7, 11) is -2.42. The summed E-state index contributed by atoms with van der Waals surface area (Å²) in [5.41, 5.74) is 9.15. The van der Waals surface area contributed by atoms with Gasteiger partial charge in [-0.05, 0) is 85.8 Å². The van der Waals surface area contributed by atoms with E-state index in [1.807, 2.05) is 48.5 Å². The van der Waals surface area contributed by atoms with Crippen molar-refractivity contribution in [2.24, 2.45) is 0 Å². The van der Waals surface area contributed by atoms with Crippen molar-refractivity contribution in [1.82, 2.24) is 26.6 Å². The van der Waals surface area contributed by atoms with Gasteiger partial charge in [-0.2, -0.15) is 0 Å². The first-order valence-corrected chi connectivity index (χ1v) is 20.4. The molecule has 0 unspecified atom stereocenters. The predicted molar refractivity (Wildman–Crippen MR) is 221 cm³/mol. The van der Waals surface area contributed by atoms with Crippen LogP contribution in [0.25, 0.3) is 0 Å². The first kappa shape index (κ1) is 43.3. The van der Waals surface area contributed by atoms with Gasteiger partial charge < -0.3 is 32.3 Å². The molecule has 0 bridgehead atoms. The van der Waals surface area contributed by atoms with Crippen molar-refractivity contribution in [3.05, 3.63) is 130 Å². The van der Waals surface area contributed by atoms with Crippen LogP contribution in [0.4, 0.5) is 11.4 Å². The van der Waals surface area contributed by atoms with E-state index in [4.69, 9.17) is 17.3 Å². The SMILES string of the molecule is CC[C@H](NC(=O)[C@H](C)NC[C@H](Cc1ccccc1)NC(=O)c1cc(C(=O)N[C@H](C)c2cccc(Cl)c2)cc(N(C)S(C)(=O)=O)c1)C(=O)NCc1ccc(N)cc1. The van der Waals surface area contributed by atoms with Gasteiger partial charge in [0.25, 0.3) is 11.8 Å². The van der Waals surface area contributed by atoms with E-state index in [0.29, 0.717) is 23.6 Å². The zero-order valence-electron chi connectivity index (χ0n) is 32.1. The lowest BCUT2D eigenvalue weighted by Crippen LogP contribution is -2.53. The number of anilines is 2. The minimum atomic E-state index is -3.76. The largest absolute Gasteiger partial charge is 0.399 e. The lowest BCUT2D eigenvalue weighted by Gasteiger charge is -2.24. The average Bonchev–Trinajstić information content (AvgIpc) is 3.17. The Bertz CT molecular complexity index is 2100. The van der Waals surface area contributed by atoms with E-state index in [1.54, 1.807) is 51.1 Å². The first-order valence-electron chi connectivity index (χ1n) is 18.2. The molecule has 7 N–H and O–H groups in total. The smallest absolute Gasteiger partial charge is 0.251 e. The summed E-state index contributed by atoms with van der Waals surface area (Å²) >= 11 is 6.15. The number of hydrogen-bond donors (Lipinski definition) is 6. The lowest BCUT2D eigenvalue weighted by atomic mass is 10.0. The second-order valence-corrected chi connectivity index (χ2v) is 16.1. The highest BCUT2D eigenvalue weighted by Crippen LogP contribution is 2.23. The van der Waals surface area contributed by atoms with E-state index in [1.165, 1.54) is 25.2 Å². The van der Waals surface area contributed by atoms with E-state index in [-0.39, 0.29) is 35.8 Å². The molecule has 4 aromatic carbocycles. The molecule has 4 amide bonds. The fraction of sp³-hybridized carbons (Fsp3) is 0.317. The number of benzene rings is 4.